The third kappa shape index (κ3) is 3.52. The predicted octanol–water partition coefficient (Wildman–Crippen LogP) is 3.92. The highest BCUT2D eigenvalue weighted by atomic mass is 35.5. The Morgan fingerprint density at radius 3 is 2.21 bits per heavy atom. The molecule has 0 unspecified atom stereocenters. The summed E-state index contributed by atoms with van der Waals surface area (Å²) in [4.78, 5) is 0. The van der Waals surface area contributed by atoms with E-state index in [2.05, 4.69) is 0 Å². The summed E-state index contributed by atoms with van der Waals surface area (Å²) in [6.45, 7) is 0. The summed E-state index contributed by atoms with van der Waals surface area (Å²) < 4.78 is 37.0. The van der Waals surface area contributed by atoms with Gasteiger partial charge < -0.3 is 10.8 Å². The van der Waals surface area contributed by atoms with Gasteiger partial charge in [0, 0.05) is 11.4 Å². The van der Waals surface area contributed by atoms with Crippen LogP contribution in [0.3, 0.4) is 0 Å². The number of hydrogen-bond donors (Lipinski definition) is 2. The molecule has 0 radical (unpaired) electrons. The summed E-state index contributed by atoms with van der Waals surface area (Å²) in [6, 6.07) is 8.39. The van der Waals surface area contributed by atoms with Gasteiger partial charge >= 0.3 is 6.18 Å². The second kappa shape index (κ2) is 5.67. The molecule has 1 atom stereocenters. The van der Waals surface area contributed by atoms with E-state index in [1.54, 1.807) is 24.3 Å². The quantitative estimate of drug-likeness (QED) is 0.881. The summed E-state index contributed by atoms with van der Waals surface area (Å²) in [5, 5.41) is 10.7. The van der Waals surface area contributed by atoms with Crippen LogP contribution in [0.25, 0.3) is 10.8 Å². The Kier molecular flexibility index (Phi) is 4.66. The van der Waals surface area contributed by atoms with E-state index in [0.29, 0.717) is 16.3 Å². The van der Waals surface area contributed by atoms with Crippen LogP contribution in [0.5, 0.6) is 5.75 Å². The Morgan fingerprint density at radius 1 is 1.05 bits per heavy atom. The SMILES string of the molecule is Cl.N[C@H](CC(F)(F)F)c1ccc(O)c2ccccc12. The van der Waals surface area contributed by atoms with Gasteiger partial charge in [0.1, 0.15) is 5.75 Å². The zero-order chi connectivity index (χ0) is 13.3. The Balaban J connectivity index is 0.00000180. The van der Waals surface area contributed by atoms with Crippen LogP contribution in [0.1, 0.15) is 18.0 Å². The number of alkyl halides is 3. The average molecular weight is 292 g/mol. The first-order valence-electron chi connectivity index (χ1n) is 5.41. The summed E-state index contributed by atoms with van der Waals surface area (Å²) in [5.41, 5.74) is 5.99. The van der Waals surface area contributed by atoms with Crippen molar-refractivity contribution in [2.75, 3.05) is 0 Å². The van der Waals surface area contributed by atoms with Crippen molar-refractivity contribution >= 4 is 23.2 Å². The fourth-order valence-corrected chi connectivity index (χ4v) is 1.99. The van der Waals surface area contributed by atoms with E-state index in [9.17, 15) is 18.3 Å². The van der Waals surface area contributed by atoms with Crippen LogP contribution >= 0.6 is 12.4 Å². The maximum Gasteiger partial charge on any atom is 0.390 e. The molecule has 0 aliphatic rings. The second-order valence-corrected chi connectivity index (χ2v) is 4.15. The highest BCUT2D eigenvalue weighted by molar-refractivity contribution is 5.91. The Hall–Kier alpha value is -1.46. The van der Waals surface area contributed by atoms with E-state index >= 15 is 0 Å². The number of phenols is 1. The van der Waals surface area contributed by atoms with E-state index in [1.165, 1.54) is 12.1 Å². The summed E-state index contributed by atoms with van der Waals surface area (Å²) in [6.07, 6.45) is -5.39. The first kappa shape index (κ1) is 15.6. The van der Waals surface area contributed by atoms with Gasteiger partial charge in [-0.15, -0.1) is 12.4 Å². The number of phenolic OH excluding ortho intramolecular Hbond substituents is 1. The van der Waals surface area contributed by atoms with Gasteiger partial charge in [-0.05, 0) is 17.0 Å². The first-order valence-corrected chi connectivity index (χ1v) is 5.41. The van der Waals surface area contributed by atoms with Crippen molar-refractivity contribution < 1.29 is 18.3 Å². The molecule has 104 valence electrons. The number of benzene rings is 2. The Labute approximate surface area is 114 Å². The maximum absolute atomic E-state index is 12.3. The number of halogens is 4. The molecule has 0 bridgehead atoms. The fourth-order valence-electron chi connectivity index (χ4n) is 1.99. The lowest BCUT2D eigenvalue weighted by atomic mass is 9.96. The highest BCUT2D eigenvalue weighted by Crippen LogP contribution is 2.34. The zero-order valence-corrected chi connectivity index (χ0v) is 10.6. The van der Waals surface area contributed by atoms with Crippen molar-refractivity contribution in [2.45, 2.75) is 18.6 Å². The van der Waals surface area contributed by atoms with Gasteiger partial charge in [-0.25, -0.2) is 0 Å². The van der Waals surface area contributed by atoms with Gasteiger partial charge in [0.05, 0.1) is 6.42 Å². The number of rotatable bonds is 2. The molecule has 2 aromatic rings. The summed E-state index contributed by atoms with van der Waals surface area (Å²) in [5.74, 6) is 0.0357. The molecule has 0 heterocycles. The van der Waals surface area contributed by atoms with Crippen LogP contribution in [-0.2, 0) is 0 Å². The Bertz CT molecular complexity index is 571. The van der Waals surface area contributed by atoms with Gasteiger partial charge in [-0.3, -0.25) is 0 Å². The molecule has 0 fully saturated rings. The molecule has 6 heteroatoms. The van der Waals surface area contributed by atoms with Gasteiger partial charge in [0.25, 0.3) is 0 Å². The molecule has 0 saturated heterocycles. The molecule has 19 heavy (non-hydrogen) atoms. The van der Waals surface area contributed by atoms with Crippen LogP contribution in [0.2, 0.25) is 0 Å². The van der Waals surface area contributed by atoms with Crippen LogP contribution < -0.4 is 5.73 Å². The van der Waals surface area contributed by atoms with Crippen LogP contribution in [0, 0.1) is 0 Å². The van der Waals surface area contributed by atoms with Crippen molar-refractivity contribution in [1.82, 2.24) is 0 Å². The number of nitrogens with two attached hydrogens (primary N) is 1. The number of fused-ring (bicyclic) bond motifs is 1. The monoisotopic (exact) mass is 291 g/mol. The van der Waals surface area contributed by atoms with Crippen LogP contribution in [-0.4, -0.2) is 11.3 Å². The van der Waals surface area contributed by atoms with E-state index < -0.39 is 18.6 Å². The summed E-state index contributed by atoms with van der Waals surface area (Å²) in [7, 11) is 0. The smallest absolute Gasteiger partial charge is 0.390 e. The van der Waals surface area contributed by atoms with E-state index in [0.717, 1.165) is 0 Å². The van der Waals surface area contributed by atoms with E-state index in [-0.39, 0.29) is 18.2 Å². The van der Waals surface area contributed by atoms with Crippen LogP contribution in [0.4, 0.5) is 13.2 Å². The third-order valence-electron chi connectivity index (χ3n) is 2.79. The molecule has 0 aliphatic carbocycles. The molecular formula is C13H13ClF3NO. The minimum atomic E-state index is -4.31. The topological polar surface area (TPSA) is 46.2 Å². The molecule has 0 spiro atoms. The van der Waals surface area contributed by atoms with Crippen molar-refractivity contribution in [1.29, 1.82) is 0 Å². The molecular weight excluding hydrogens is 279 g/mol. The normalized spacial score (nSPS) is 13.1. The minimum Gasteiger partial charge on any atom is -0.507 e. The molecule has 2 rings (SSSR count). The van der Waals surface area contributed by atoms with Crippen molar-refractivity contribution in [3.63, 3.8) is 0 Å². The van der Waals surface area contributed by atoms with E-state index in [1.807, 2.05) is 0 Å². The highest BCUT2D eigenvalue weighted by Gasteiger charge is 2.31. The van der Waals surface area contributed by atoms with Crippen LogP contribution in [0.15, 0.2) is 36.4 Å². The predicted molar refractivity (Wildman–Crippen MR) is 70.5 cm³/mol. The largest absolute Gasteiger partial charge is 0.507 e. The fraction of sp³-hybridized carbons (Fsp3) is 0.231. The van der Waals surface area contributed by atoms with Gasteiger partial charge in [0.2, 0.25) is 0 Å². The number of aromatic hydroxyl groups is 1. The lowest BCUT2D eigenvalue weighted by molar-refractivity contribution is -0.138. The maximum atomic E-state index is 12.3. The lowest BCUT2D eigenvalue weighted by Gasteiger charge is -2.17. The standard InChI is InChI=1S/C13H12F3NO.ClH/c14-13(15,16)7-11(17)9-5-6-12(18)10-4-2-1-3-8(9)10;/h1-6,11,18H,7,17H2;1H/t11-;/m1./s1. The molecule has 0 aliphatic heterocycles. The van der Waals surface area contributed by atoms with Crippen molar-refractivity contribution in [2.24, 2.45) is 5.73 Å². The molecule has 2 nitrogen and oxygen atoms in total. The summed E-state index contributed by atoms with van der Waals surface area (Å²) >= 11 is 0. The second-order valence-electron chi connectivity index (χ2n) is 4.15. The third-order valence-corrected chi connectivity index (χ3v) is 2.79. The minimum absolute atomic E-state index is 0. The zero-order valence-electron chi connectivity index (χ0n) is 9.82. The molecule has 2 aromatic carbocycles. The van der Waals surface area contributed by atoms with E-state index in [4.69, 9.17) is 5.73 Å². The average Bonchev–Trinajstić information content (AvgIpc) is 2.27. The molecule has 3 N–H and O–H groups in total. The lowest BCUT2D eigenvalue weighted by Crippen LogP contribution is -2.20. The first-order chi connectivity index (χ1) is 8.38. The Morgan fingerprint density at radius 2 is 1.63 bits per heavy atom. The molecule has 0 saturated carbocycles. The van der Waals surface area contributed by atoms with Crippen molar-refractivity contribution in [3.05, 3.63) is 42.0 Å². The van der Waals surface area contributed by atoms with Gasteiger partial charge in [-0.1, -0.05) is 30.3 Å². The van der Waals surface area contributed by atoms with Gasteiger partial charge in [-0.2, -0.15) is 13.2 Å². The number of hydrogen-bond acceptors (Lipinski definition) is 2. The van der Waals surface area contributed by atoms with Crippen molar-refractivity contribution in [3.8, 4) is 5.75 Å². The molecule has 0 amide bonds. The van der Waals surface area contributed by atoms with Gasteiger partial charge in [0.15, 0.2) is 0 Å². The molecule has 0 aromatic heterocycles.